The molecular formula is C12H17F2N. The van der Waals surface area contributed by atoms with Crippen molar-refractivity contribution in [3.63, 3.8) is 0 Å². The molecule has 1 N–H and O–H groups in total. The van der Waals surface area contributed by atoms with Gasteiger partial charge in [0.05, 0.1) is 6.04 Å². The highest BCUT2D eigenvalue weighted by atomic mass is 19.3. The first kappa shape index (κ1) is 12.1. The topological polar surface area (TPSA) is 12.0 Å². The van der Waals surface area contributed by atoms with E-state index in [4.69, 9.17) is 0 Å². The van der Waals surface area contributed by atoms with E-state index in [0.29, 0.717) is 0 Å². The molecule has 1 aromatic carbocycles. The molecule has 0 aliphatic heterocycles. The zero-order chi connectivity index (χ0) is 11.4. The average molecular weight is 213 g/mol. The van der Waals surface area contributed by atoms with Crippen LogP contribution in [0, 0.1) is 6.92 Å². The third-order valence-electron chi connectivity index (χ3n) is 2.43. The third-order valence-corrected chi connectivity index (χ3v) is 2.43. The molecule has 2 atom stereocenters. The molecule has 1 nitrogen and oxygen atoms in total. The Balaban J connectivity index is 2.64. The number of benzene rings is 1. The van der Waals surface area contributed by atoms with Crippen LogP contribution in [0.15, 0.2) is 24.3 Å². The fraction of sp³-hybridized carbons (Fsp3) is 0.500. The summed E-state index contributed by atoms with van der Waals surface area (Å²) >= 11 is 0. The van der Waals surface area contributed by atoms with E-state index in [-0.39, 0.29) is 6.04 Å². The quantitative estimate of drug-likeness (QED) is 0.809. The maximum Gasteiger partial charge on any atom is 0.253 e. The van der Waals surface area contributed by atoms with Crippen LogP contribution >= 0.6 is 0 Å². The largest absolute Gasteiger partial charge is 0.302 e. The Morgan fingerprint density at radius 3 is 2.40 bits per heavy atom. The highest BCUT2D eigenvalue weighted by Crippen LogP contribution is 2.15. The molecule has 84 valence electrons. The van der Waals surface area contributed by atoms with Crippen molar-refractivity contribution in [2.24, 2.45) is 0 Å². The van der Waals surface area contributed by atoms with E-state index in [2.05, 4.69) is 5.32 Å². The number of hydrogen-bond acceptors (Lipinski definition) is 1. The maximum atomic E-state index is 12.3. The van der Waals surface area contributed by atoms with Gasteiger partial charge in [0.15, 0.2) is 0 Å². The summed E-state index contributed by atoms with van der Waals surface area (Å²) in [6, 6.07) is 7.07. The fourth-order valence-electron chi connectivity index (χ4n) is 1.50. The van der Waals surface area contributed by atoms with Gasteiger partial charge in [-0.1, -0.05) is 29.8 Å². The van der Waals surface area contributed by atoms with E-state index in [1.807, 2.05) is 38.1 Å². The first-order valence-electron chi connectivity index (χ1n) is 5.11. The molecule has 0 radical (unpaired) electrons. The molecule has 1 unspecified atom stereocenters. The molecule has 1 rings (SSSR count). The second-order valence-corrected chi connectivity index (χ2v) is 3.93. The average Bonchev–Trinajstić information content (AvgIpc) is 2.17. The van der Waals surface area contributed by atoms with Gasteiger partial charge in [-0.3, -0.25) is 0 Å². The standard InChI is InChI=1S/C12H17F2N/c1-8-5-4-6-11(7-8)9(2)15-10(3)12(13)14/h4-7,9-10,12,15H,1-3H3/t9-,10?/m0/s1. The molecule has 1 aromatic rings. The molecule has 15 heavy (non-hydrogen) atoms. The molecule has 3 heteroatoms. The fourth-order valence-corrected chi connectivity index (χ4v) is 1.50. The van der Waals surface area contributed by atoms with Gasteiger partial charge in [-0.2, -0.15) is 0 Å². The predicted molar refractivity (Wildman–Crippen MR) is 58.2 cm³/mol. The molecule has 0 aromatic heterocycles. The first-order valence-corrected chi connectivity index (χ1v) is 5.11. The zero-order valence-corrected chi connectivity index (χ0v) is 9.30. The predicted octanol–water partition coefficient (Wildman–Crippen LogP) is 3.30. The molecule has 0 aliphatic carbocycles. The van der Waals surface area contributed by atoms with Crippen LogP contribution in [0.3, 0.4) is 0 Å². The van der Waals surface area contributed by atoms with Gasteiger partial charge in [-0.25, -0.2) is 8.78 Å². The van der Waals surface area contributed by atoms with Gasteiger partial charge < -0.3 is 5.32 Å². The van der Waals surface area contributed by atoms with E-state index in [1.165, 1.54) is 6.92 Å². The van der Waals surface area contributed by atoms with Crippen molar-refractivity contribution >= 4 is 0 Å². The van der Waals surface area contributed by atoms with Crippen LogP contribution < -0.4 is 5.32 Å². The molecule has 0 bridgehead atoms. The second kappa shape index (κ2) is 5.21. The zero-order valence-electron chi connectivity index (χ0n) is 9.30. The molecular weight excluding hydrogens is 196 g/mol. The Morgan fingerprint density at radius 2 is 1.87 bits per heavy atom. The number of halogens is 2. The molecule has 0 saturated heterocycles. The summed E-state index contributed by atoms with van der Waals surface area (Å²) in [5.74, 6) is 0. The van der Waals surface area contributed by atoms with Gasteiger partial charge in [0.2, 0.25) is 0 Å². The van der Waals surface area contributed by atoms with Gasteiger partial charge in [-0.05, 0) is 26.3 Å². The first-order chi connectivity index (χ1) is 7.00. The van der Waals surface area contributed by atoms with Gasteiger partial charge in [0.25, 0.3) is 6.43 Å². The van der Waals surface area contributed by atoms with E-state index in [0.717, 1.165) is 11.1 Å². The minimum atomic E-state index is -2.32. The van der Waals surface area contributed by atoms with Crippen molar-refractivity contribution in [2.45, 2.75) is 39.3 Å². The normalized spacial score (nSPS) is 15.3. The van der Waals surface area contributed by atoms with Crippen LogP contribution in [0.1, 0.15) is 31.0 Å². The maximum absolute atomic E-state index is 12.3. The van der Waals surface area contributed by atoms with E-state index >= 15 is 0 Å². The van der Waals surface area contributed by atoms with Crippen molar-refractivity contribution in [3.05, 3.63) is 35.4 Å². The molecule has 0 aliphatic rings. The molecule has 0 saturated carbocycles. The highest BCUT2D eigenvalue weighted by Gasteiger charge is 2.17. The number of nitrogens with one attached hydrogen (secondary N) is 1. The van der Waals surface area contributed by atoms with Crippen LogP contribution in [0.5, 0.6) is 0 Å². The summed E-state index contributed by atoms with van der Waals surface area (Å²) in [7, 11) is 0. The lowest BCUT2D eigenvalue weighted by molar-refractivity contribution is 0.101. The van der Waals surface area contributed by atoms with Crippen molar-refractivity contribution in [1.29, 1.82) is 0 Å². The Kier molecular flexibility index (Phi) is 4.21. The Labute approximate surface area is 89.5 Å². The van der Waals surface area contributed by atoms with Gasteiger partial charge >= 0.3 is 0 Å². The SMILES string of the molecule is Cc1cccc([C@H](C)NC(C)C(F)F)c1. The highest BCUT2D eigenvalue weighted by molar-refractivity contribution is 5.24. The van der Waals surface area contributed by atoms with Crippen molar-refractivity contribution in [3.8, 4) is 0 Å². The monoisotopic (exact) mass is 213 g/mol. The summed E-state index contributed by atoms with van der Waals surface area (Å²) in [6.45, 7) is 5.39. The molecule has 0 fully saturated rings. The van der Waals surface area contributed by atoms with Crippen LogP contribution in [-0.2, 0) is 0 Å². The van der Waals surface area contributed by atoms with Crippen molar-refractivity contribution < 1.29 is 8.78 Å². The van der Waals surface area contributed by atoms with Crippen LogP contribution in [0.2, 0.25) is 0 Å². The van der Waals surface area contributed by atoms with Gasteiger partial charge in [0, 0.05) is 6.04 Å². The van der Waals surface area contributed by atoms with Crippen LogP contribution in [0.25, 0.3) is 0 Å². The van der Waals surface area contributed by atoms with Crippen molar-refractivity contribution in [2.75, 3.05) is 0 Å². The Bertz CT molecular complexity index is 312. The van der Waals surface area contributed by atoms with Crippen LogP contribution in [0.4, 0.5) is 8.78 Å². The minimum absolute atomic E-state index is 0.0473. The summed E-state index contributed by atoms with van der Waals surface area (Å²) < 4.78 is 24.6. The summed E-state index contributed by atoms with van der Waals surface area (Å²) in [5, 5.41) is 2.87. The molecule has 0 spiro atoms. The number of aryl methyl sites for hydroxylation is 1. The Morgan fingerprint density at radius 1 is 1.20 bits per heavy atom. The van der Waals surface area contributed by atoms with E-state index in [1.54, 1.807) is 0 Å². The van der Waals surface area contributed by atoms with Crippen LogP contribution in [-0.4, -0.2) is 12.5 Å². The molecule has 0 heterocycles. The lowest BCUT2D eigenvalue weighted by Gasteiger charge is -2.19. The van der Waals surface area contributed by atoms with Gasteiger partial charge in [-0.15, -0.1) is 0 Å². The third kappa shape index (κ3) is 3.59. The smallest absolute Gasteiger partial charge is 0.253 e. The lowest BCUT2D eigenvalue weighted by Crippen LogP contribution is -2.34. The molecule has 0 amide bonds. The number of alkyl halides is 2. The minimum Gasteiger partial charge on any atom is -0.302 e. The summed E-state index contributed by atoms with van der Waals surface area (Å²) in [6.07, 6.45) is -2.32. The van der Waals surface area contributed by atoms with Crippen molar-refractivity contribution in [1.82, 2.24) is 5.32 Å². The number of hydrogen-bond donors (Lipinski definition) is 1. The second-order valence-electron chi connectivity index (χ2n) is 3.93. The van der Waals surface area contributed by atoms with Gasteiger partial charge in [0.1, 0.15) is 0 Å². The lowest BCUT2D eigenvalue weighted by atomic mass is 10.1. The summed E-state index contributed by atoms with van der Waals surface area (Å²) in [4.78, 5) is 0. The van der Waals surface area contributed by atoms with E-state index < -0.39 is 12.5 Å². The summed E-state index contributed by atoms with van der Waals surface area (Å²) in [5.41, 5.74) is 2.19. The van der Waals surface area contributed by atoms with E-state index in [9.17, 15) is 8.78 Å². The Hall–Kier alpha value is -0.960. The number of rotatable bonds is 4.